The zero-order valence-electron chi connectivity index (χ0n) is 22.9. The average molecular weight is 576 g/mol. The van der Waals surface area contributed by atoms with Gasteiger partial charge in [-0.2, -0.15) is 5.26 Å². The summed E-state index contributed by atoms with van der Waals surface area (Å²) in [5, 5.41) is 20.7. The second kappa shape index (κ2) is 11.1. The van der Waals surface area contributed by atoms with Gasteiger partial charge in [-0.3, -0.25) is 9.69 Å². The number of rotatable bonds is 7. The molecule has 0 aliphatic carbocycles. The van der Waals surface area contributed by atoms with E-state index >= 15 is 0 Å². The third kappa shape index (κ3) is 5.24. The summed E-state index contributed by atoms with van der Waals surface area (Å²) in [7, 11) is 1.90. The lowest BCUT2D eigenvalue weighted by Crippen LogP contribution is -2.57. The molecule has 1 amide bonds. The van der Waals surface area contributed by atoms with Crippen LogP contribution in [0.5, 0.6) is 0 Å². The first-order valence-corrected chi connectivity index (χ1v) is 14.4. The molecule has 41 heavy (non-hydrogen) atoms. The summed E-state index contributed by atoms with van der Waals surface area (Å²) < 4.78 is 19.6. The highest BCUT2D eigenvalue weighted by molar-refractivity contribution is 7.16. The molecule has 6 rings (SSSR count). The Morgan fingerprint density at radius 1 is 1.24 bits per heavy atom. The van der Waals surface area contributed by atoms with E-state index in [9.17, 15) is 19.6 Å². The number of halogens is 1. The maximum absolute atomic E-state index is 13.5. The second-order valence-electron chi connectivity index (χ2n) is 10.3. The fourth-order valence-electron chi connectivity index (χ4n) is 5.33. The topological polar surface area (TPSA) is 113 Å². The number of aryl methyl sites for hydroxylation is 1. The zero-order valence-corrected chi connectivity index (χ0v) is 23.7. The number of carbonyl (C=O) groups excluding carboxylic acids is 1. The minimum Gasteiger partial charge on any atom is -0.441 e. The van der Waals surface area contributed by atoms with Gasteiger partial charge in [-0.25, -0.2) is 14.4 Å². The van der Waals surface area contributed by atoms with Crippen LogP contribution in [0.3, 0.4) is 0 Å². The van der Waals surface area contributed by atoms with E-state index in [0.29, 0.717) is 53.0 Å². The predicted molar refractivity (Wildman–Crippen MR) is 155 cm³/mol. The maximum Gasteiger partial charge on any atom is 0.236 e. The van der Waals surface area contributed by atoms with E-state index in [4.69, 9.17) is 9.40 Å². The van der Waals surface area contributed by atoms with Gasteiger partial charge in [0.05, 0.1) is 35.6 Å². The van der Waals surface area contributed by atoms with Gasteiger partial charge in [0.2, 0.25) is 11.6 Å². The first-order chi connectivity index (χ1) is 19.8. The highest BCUT2D eigenvalue weighted by Gasteiger charge is 2.31. The molecule has 0 saturated carbocycles. The first kappa shape index (κ1) is 27.1. The van der Waals surface area contributed by atoms with Gasteiger partial charge in [-0.1, -0.05) is 18.3 Å². The molecule has 2 aliphatic heterocycles. The summed E-state index contributed by atoms with van der Waals surface area (Å²) >= 11 is 1.27. The standard InChI is InChI=1S/C29H30FN7O3S/c1-3-23-27(34(2)29-33-26(24(13-31)41-29)18-4-6-19(30)7-5-18)22-12-20(14-32-28(22)40-23)36-10-8-35(9-11-36)17-25(39)37-15-21(38)16-37/h4-7,12,14,21,38H,3,8-11,15-17H2,1-2H3. The van der Waals surface area contributed by atoms with Crippen LogP contribution < -0.4 is 9.80 Å². The van der Waals surface area contributed by atoms with Crippen LogP contribution in [-0.2, 0) is 11.2 Å². The molecule has 0 bridgehead atoms. The minimum atomic E-state index is -0.390. The highest BCUT2D eigenvalue weighted by Crippen LogP contribution is 2.41. The number of likely N-dealkylation sites (tertiary alicyclic amines) is 1. The van der Waals surface area contributed by atoms with E-state index in [2.05, 4.69) is 26.9 Å². The highest BCUT2D eigenvalue weighted by atomic mass is 32.1. The number of piperazine rings is 1. The van der Waals surface area contributed by atoms with Crippen LogP contribution in [0.4, 0.5) is 20.9 Å². The van der Waals surface area contributed by atoms with E-state index in [1.165, 1.54) is 23.5 Å². The minimum absolute atomic E-state index is 0.0642. The molecule has 0 unspecified atom stereocenters. The van der Waals surface area contributed by atoms with Crippen LogP contribution in [0.1, 0.15) is 17.6 Å². The number of hydrogen-bond donors (Lipinski definition) is 1. The third-order valence-corrected chi connectivity index (χ3v) is 8.70. The van der Waals surface area contributed by atoms with Crippen molar-refractivity contribution in [2.75, 3.05) is 62.7 Å². The normalized spacial score (nSPS) is 16.2. The Morgan fingerprint density at radius 3 is 2.63 bits per heavy atom. The molecule has 2 saturated heterocycles. The van der Waals surface area contributed by atoms with Crippen LogP contribution in [0.25, 0.3) is 22.4 Å². The predicted octanol–water partition coefficient (Wildman–Crippen LogP) is 3.62. The number of carbonyl (C=O) groups is 1. The smallest absolute Gasteiger partial charge is 0.236 e. The molecule has 3 aromatic heterocycles. The molecular formula is C29H30FN7O3S. The van der Waals surface area contributed by atoms with Crippen molar-refractivity contribution in [2.45, 2.75) is 19.4 Å². The van der Waals surface area contributed by atoms with Gasteiger partial charge in [-0.05, 0) is 30.3 Å². The van der Waals surface area contributed by atoms with E-state index < -0.39 is 0 Å². The third-order valence-electron chi connectivity index (χ3n) is 7.67. The number of amides is 1. The van der Waals surface area contributed by atoms with Gasteiger partial charge >= 0.3 is 0 Å². The number of hydrogen-bond acceptors (Lipinski definition) is 10. The number of fused-ring (bicyclic) bond motifs is 1. The van der Waals surface area contributed by atoms with Crippen molar-refractivity contribution in [3.8, 4) is 17.3 Å². The van der Waals surface area contributed by atoms with Gasteiger partial charge in [0.25, 0.3) is 0 Å². The van der Waals surface area contributed by atoms with E-state index in [0.717, 1.165) is 48.7 Å². The number of benzene rings is 1. The lowest BCUT2D eigenvalue weighted by atomic mass is 10.1. The van der Waals surface area contributed by atoms with Crippen LogP contribution in [0.2, 0.25) is 0 Å². The van der Waals surface area contributed by atoms with Crippen molar-refractivity contribution in [1.82, 2.24) is 19.8 Å². The summed E-state index contributed by atoms with van der Waals surface area (Å²) in [5.74, 6) is 0.487. The monoisotopic (exact) mass is 575 g/mol. The lowest BCUT2D eigenvalue weighted by Gasteiger charge is -2.39. The van der Waals surface area contributed by atoms with Crippen LogP contribution in [0, 0.1) is 17.1 Å². The van der Waals surface area contributed by atoms with Crippen molar-refractivity contribution in [3.63, 3.8) is 0 Å². The molecule has 2 aliphatic rings. The number of nitrogens with zero attached hydrogens (tertiary/aromatic N) is 7. The van der Waals surface area contributed by atoms with Crippen molar-refractivity contribution in [1.29, 1.82) is 5.26 Å². The Balaban J connectivity index is 1.24. The molecule has 4 aromatic rings. The van der Waals surface area contributed by atoms with E-state index in [1.54, 1.807) is 17.0 Å². The number of nitriles is 1. The van der Waals surface area contributed by atoms with Crippen LogP contribution in [-0.4, -0.2) is 89.7 Å². The number of pyridine rings is 1. The SMILES string of the molecule is CCc1oc2ncc(N3CCN(CC(=O)N4CC(O)C4)CC3)cc2c1N(C)c1nc(-c2ccc(F)cc2)c(C#N)s1. The van der Waals surface area contributed by atoms with Crippen molar-refractivity contribution in [2.24, 2.45) is 0 Å². The van der Waals surface area contributed by atoms with Gasteiger partial charge in [-0.15, -0.1) is 0 Å². The van der Waals surface area contributed by atoms with E-state index in [-0.39, 0.29) is 17.8 Å². The van der Waals surface area contributed by atoms with Crippen molar-refractivity contribution < 1.29 is 18.7 Å². The zero-order chi connectivity index (χ0) is 28.7. The molecule has 10 nitrogen and oxygen atoms in total. The Labute approximate surface area is 240 Å². The molecule has 0 atom stereocenters. The largest absolute Gasteiger partial charge is 0.441 e. The molecule has 0 spiro atoms. The molecule has 0 radical (unpaired) electrons. The molecule has 2 fully saturated rings. The Kier molecular flexibility index (Phi) is 7.33. The van der Waals surface area contributed by atoms with Gasteiger partial charge in [0.1, 0.15) is 28.2 Å². The quantitative estimate of drug-likeness (QED) is 0.353. The fourth-order valence-corrected chi connectivity index (χ4v) is 6.18. The molecule has 1 aromatic carbocycles. The number of aromatic nitrogens is 2. The second-order valence-corrected chi connectivity index (χ2v) is 11.3. The van der Waals surface area contributed by atoms with Crippen molar-refractivity contribution >= 4 is 44.9 Å². The number of thiazole rings is 1. The first-order valence-electron chi connectivity index (χ1n) is 13.6. The molecule has 1 N–H and O–H groups in total. The average Bonchev–Trinajstić information content (AvgIpc) is 3.57. The van der Waals surface area contributed by atoms with Gasteiger partial charge in [0.15, 0.2) is 5.13 Å². The number of aliphatic hydroxyl groups is 1. The van der Waals surface area contributed by atoms with Crippen LogP contribution in [0.15, 0.2) is 40.9 Å². The lowest BCUT2D eigenvalue weighted by molar-refractivity contribution is -0.142. The Bertz CT molecular complexity index is 1620. The summed E-state index contributed by atoms with van der Waals surface area (Å²) in [6.45, 7) is 6.26. The maximum atomic E-state index is 13.5. The number of β-amino-alcohol motifs (C(OH)–C–C–N with tert-alkyl or cyclic N) is 1. The van der Waals surface area contributed by atoms with Gasteiger partial charge < -0.3 is 24.2 Å². The number of anilines is 3. The number of furan rings is 1. The summed E-state index contributed by atoms with van der Waals surface area (Å²) in [5.41, 5.74) is 3.55. The molecular weight excluding hydrogens is 545 g/mol. The molecule has 212 valence electrons. The number of aliphatic hydroxyl groups excluding tert-OH is 1. The summed E-state index contributed by atoms with van der Waals surface area (Å²) in [6, 6.07) is 10.3. The summed E-state index contributed by atoms with van der Waals surface area (Å²) in [4.78, 5) is 30.3. The van der Waals surface area contributed by atoms with Crippen molar-refractivity contribution in [3.05, 3.63) is 53.0 Å². The summed E-state index contributed by atoms with van der Waals surface area (Å²) in [6.07, 6.45) is 2.08. The molecule has 12 heteroatoms. The van der Waals surface area contributed by atoms with Crippen LogP contribution >= 0.6 is 11.3 Å². The molecule has 5 heterocycles. The fraction of sp³-hybridized carbons (Fsp3) is 0.379. The Hall–Kier alpha value is -4.05. The van der Waals surface area contributed by atoms with E-state index in [1.807, 2.05) is 25.1 Å². The van der Waals surface area contributed by atoms with Gasteiger partial charge in [0, 0.05) is 58.3 Å². The Morgan fingerprint density at radius 2 is 1.98 bits per heavy atom.